The molecule has 0 aliphatic heterocycles. The van der Waals surface area contributed by atoms with E-state index < -0.39 is 0 Å². The Kier molecular flexibility index (Phi) is 3.97. The number of nitrogens with zero attached hydrogens (tertiary/aromatic N) is 4. The van der Waals surface area contributed by atoms with E-state index in [1.165, 1.54) is 18.0 Å². The molecule has 1 aliphatic rings. The maximum atomic E-state index is 12.3. The van der Waals surface area contributed by atoms with Gasteiger partial charge in [-0.1, -0.05) is 24.2 Å². The molecule has 1 amide bonds. The first-order valence-corrected chi connectivity index (χ1v) is 8.28. The van der Waals surface area contributed by atoms with Crippen molar-refractivity contribution in [2.45, 2.75) is 32.2 Å². The molecule has 25 heavy (non-hydrogen) atoms. The molecule has 0 fully saturated rings. The lowest BCUT2D eigenvalue weighted by atomic mass is 10.0. The molecule has 1 N–H and O–H groups in total. The molecule has 0 bridgehead atoms. The van der Waals surface area contributed by atoms with Crippen LogP contribution < -0.4 is 5.32 Å². The minimum atomic E-state index is -0.136. The average Bonchev–Trinajstić information content (AvgIpc) is 3.29. The Hall–Kier alpha value is -3.09. The predicted molar refractivity (Wildman–Crippen MR) is 89.7 cm³/mol. The highest BCUT2D eigenvalue weighted by Crippen LogP contribution is 2.33. The zero-order chi connectivity index (χ0) is 17.2. The first-order chi connectivity index (χ1) is 12.2. The van der Waals surface area contributed by atoms with Crippen molar-refractivity contribution < 1.29 is 9.32 Å². The van der Waals surface area contributed by atoms with Gasteiger partial charge < -0.3 is 9.84 Å². The van der Waals surface area contributed by atoms with E-state index in [0.29, 0.717) is 17.3 Å². The number of hydrogen-bond donors (Lipinski definition) is 1. The van der Waals surface area contributed by atoms with E-state index >= 15 is 0 Å². The molecule has 0 unspecified atom stereocenters. The molecule has 0 radical (unpaired) electrons. The van der Waals surface area contributed by atoms with Gasteiger partial charge in [0.05, 0.1) is 24.0 Å². The van der Waals surface area contributed by atoms with Crippen molar-refractivity contribution in [2.75, 3.05) is 0 Å². The number of aryl methyl sites for hydroxylation is 2. The minimum absolute atomic E-state index is 0.00110. The normalized spacial score (nSPS) is 15.8. The Morgan fingerprint density at radius 1 is 1.32 bits per heavy atom. The van der Waals surface area contributed by atoms with Crippen LogP contribution in [0.5, 0.6) is 0 Å². The monoisotopic (exact) mass is 335 g/mol. The summed E-state index contributed by atoms with van der Waals surface area (Å²) in [5.41, 5.74) is 3.79. The Morgan fingerprint density at radius 3 is 3.00 bits per heavy atom. The van der Waals surface area contributed by atoms with Crippen molar-refractivity contribution in [1.82, 2.24) is 25.7 Å². The summed E-state index contributed by atoms with van der Waals surface area (Å²) in [6.07, 6.45) is 5.47. The number of hydrogen-bond acceptors (Lipinski definition) is 6. The summed E-state index contributed by atoms with van der Waals surface area (Å²) >= 11 is 0. The Morgan fingerprint density at radius 2 is 2.24 bits per heavy atom. The zero-order valence-corrected chi connectivity index (χ0v) is 13.8. The topological polar surface area (TPSA) is 93.8 Å². The van der Waals surface area contributed by atoms with Gasteiger partial charge in [-0.25, -0.2) is 0 Å². The molecule has 0 saturated carbocycles. The molecule has 3 aromatic rings. The number of benzene rings is 1. The highest BCUT2D eigenvalue weighted by Gasteiger charge is 2.25. The van der Waals surface area contributed by atoms with Crippen molar-refractivity contribution in [2.24, 2.45) is 0 Å². The Labute approximate surface area is 144 Å². The fourth-order valence-corrected chi connectivity index (χ4v) is 3.09. The van der Waals surface area contributed by atoms with Crippen molar-refractivity contribution in [3.05, 3.63) is 59.2 Å². The van der Waals surface area contributed by atoms with Crippen LogP contribution >= 0.6 is 0 Å². The third-order valence-corrected chi connectivity index (χ3v) is 4.40. The summed E-state index contributed by atoms with van der Waals surface area (Å²) in [5, 5.41) is 14.5. The second-order valence-corrected chi connectivity index (χ2v) is 5.97. The first-order valence-electron chi connectivity index (χ1n) is 8.28. The van der Waals surface area contributed by atoms with Gasteiger partial charge in [-0.15, -0.1) is 0 Å². The number of carbonyl (C=O) groups excluding carboxylic acids is 1. The van der Waals surface area contributed by atoms with Gasteiger partial charge in [0.25, 0.3) is 5.91 Å². The van der Waals surface area contributed by atoms with Crippen LogP contribution in [0.3, 0.4) is 0 Å². The van der Waals surface area contributed by atoms with Crippen LogP contribution in [0.1, 0.15) is 46.8 Å². The number of carbonyl (C=O) groups is 1. The van der Waals surface area contributed by atoms with Crippen LogP contribution in [0, 0.1) is 0 Å². The van der Waals surface area contributed by atoms with Gasteiger partial charge in [0, 0.05) is 12.0 Å². The molecular formula is C18H17N5O2. The van der Waals surface area contributed by atoms with E-state index in [0.717, 1.165) is 30.4 Å². The highest BCUT2D eigenvalue weighted by atomic mass is 16.5. The lowest BCUT2D eigenvalue weighted by Crippen LogP contribution is -2.27. The molecule has 1 aliphatic carbocycles. The van der Waals surface area contributed by atoms with Crippen molar-refractivity contribution >= 4 is 5.91 Å². The number of rotatable bonds is 4. The van der Waals surface area contributed by atoms with Gasteiger partial charge in [0.15, 0.2) is 0 Å². The lowest BCUT2D eigenvalue weighted by Gasteiger charge is -2.14. The van der Waals surface area contributed by atoms with Gasteiger partial charge >= 0.3 is 0 Å². The molecule has 0 saturated heterocycles. The van der Waals surface area contributed by atoms with Crippen molar-refractivity contribution in [3.63, 3.8) is 0 Å². The standard InChI is InChI=1S/C18H17N5O2/c1-2-16-22-17(23-25-16)12-3-5-14-11(9-12)4-6-15(14)21-18(24)13-7-8-19-20-10-13/h3,5,7-10,15H,2,4,6H2,1H3,(H,21,24)/t15-/m1/s1. The molecule has 4 rings (SSSR count). The van der Waals surface area contributed by atoms with Gasteiger partial charge in [-0.05, 0) is 36.1 Å². The van der Waals surface area contributed by atoms with Gasteiger partial charge in [-0.2, -0.15) is 15.2 Å². The van der Waals surface area contributed by atoms with E-state index in [-0.39, 0.29) is 11.9 Å². The predicted octanol–water partition coefficient (Wildman–Crippen LogP) is 2.51. The van der Waals surface area contributed by atoms with Gasteiger partial charge in [-0.3, -0.25) is 4.79 Å². The van der Waals surface area contributed by atoms with Crippen LogP contribution in [-0.4, -0.2) is 26.2 Å². The van der Waals surface area contributed by atoms with E-state index in [4.69, 9.17) is 4.52 Å². The number of fused-ring (bicyclic) bond motifs is 1. The van der Waals surface area contributed by atoms with Crippen molar-refractivity contribution in [1.29, 1.82) is 0 Å². The van der Waals surface area contributed by atoms with Gasteiger partial charge in [0.1, 0.15) is 0 Å². The lowest BCUT2D eigenvalue weighted by molar-refractivity contribution is 0.0936. The Bertz CT molecular complexity index is 907. The number of amides is 1. The molecule has 2 aromatic heterocycles. The van der Waals surface area contributed by atoms with Crippen molar-refractivity contribution in [3.8, 4) is 11.4 Å². The Balaban J connectivity index is 1.54. The maximum Gasteiger partial charge on any atom is 0.253 e. The first kappa shape index (κ1) is 15.4. The summed E-state index contributed by atoms with van der Waals surface area (Å²) < 4.78 is 5.18. The molecule has 1 aromatic carbocycles. The second kappa shape index (κ2) is 6.43. The highest BCUT2D eigenvalue weighted by molar-refractivity contribution is 5.94. The molecule has 7 heteroatoms. The number of aromatic nitrogens is 4. The van der Waals surface area contributed by atoms with E-state index in [9.17, 15) is 4.79 Å². The summed E-state index contributed by atoms with van der Waals surface area (Å²) in [6.45, 7) is 1.98. The van der Waals surface area contributed by atoms with Crippen LogP contribution in [0.15, 0.2) is 41.2 Å². The third-order valence-electron chi connectivity index (χ3n) is 4.40. The smallest absolute Gasteiger partial charge is 0.253 e. The third kappa shape index (κ3) is 3.00. The van der Waals surface area contributed by atoms with E-state index in [1.54, 1.807) is 6.07 Å². The SMILES string of the molecule is CCc1nc(-c2ccc3c(c2)CC[C@H]3NC(=O)c2ccnnc2)no1. The molecule has 126 valence electrons. The van der Waals surface area contributed by atoms with Gasteiger partial charge in [0.2, 0.25) is 11.7 Å². The largest absolute Gasteiger partial charge is 0.345 e. The molecule has 1 atom stereocenters. The number of nitrogens with one attached hydrogen (secondary N) is 1. The van der Waals surface area contributed by atoms with E-state index in [1.807, 2.05) is 19.1 Å². The van der Waals surface area contributed by atoms with Crippen LogP contribution in [-0.2, 0) is 12.8 Å². The molecule has 7 nitrogen and oxygen atoms in total. The average molecular weight is 335 g/mol. The van der Waals surface area contributed by atoms with Crippen LogP contribution in [0.2, 0.25) is 0 Å². The minimum Gasteiger partial charge on any atom is -0.345 e. The zero-order valence-electron chi connectivity index (χ0n) is 13.8. The summed E-state index contributed by atoms with van der Waals surface area (Å²) in [7, 11) is 0. The fraction of sp³-hybridized carbons (Fsp3) is 0.278. The summed E-state index contributed by atoms with van der Waals surface area (Å²) in [5.74, 6) is 1.10. The fourth-order valence-electron chi connectivity index (χ4n) is 3.09. The summed E-state index contributed by atoms with van der Waals surface area (Å²) in [4.78, 5) is 16.7. The van der Waals surface area contributed by atoms with Crippen LogP contribution in [0.4, 0.5) is 0 Å². The molecule has 2 heterocycles. The summed E-state index contributed by atoms with van der Waals surface area (Å²) in [6, 6.07) is 7.75. The second-order valence-electron chi connectivity index (χ2n) is 5.97. The van der Waals surface area contributed by atoms with Crippen LogP contribution in [0.25, 0.3) is 11.4 Å². The quantitative estimate of drug-likeness (QED) is 0.787. The maximum absolute atomic E-state index is 12.3. The molecular weight excluding hydrogens is 318 g/mol. The van der Waals surface area contributed by atoms with E-state index in [2.05, 4.69) is 31.7 Å². The molecule has 0 spiro atoms.